The Hall–Kier alpha value is -1.56. The minimum Gasteiger partial charge on any atom is -0.412 e. The van der Waals surface area contributed by atoms with Crippen molar-refractivity contribution in [3.05, 3.63) is 36.4 Å². The van der Waals surface area contributed by atoms with Crippen LogP contribution in [-0.4, -0.2) is 36.9 Å². The third-order valence-corrected chi connectivity index (χ3v) is 4.22. The van der Waals surface area contributed by atoms with E-state index in [1.165, 1.54) is 24.3 Å². The van der Waals surface area contributed by atoms with Gasteiger partial charge in [-0.1, -0.05) is 24.3 Å². The largest absolute Gasteiger partial charge is 0.412 e. The van der Waals surface area contributed by atoms with E-state index in [1.807, 2.05) is 0 Å². The molecule has 0 aliphatic carbocycles. The number of hydrogen-bond acceptors (Lipinski definition) is 4. The fourth-order valence-electron chi connectivity index (χ4n) is 1.70. The van der Waals surface area contributed by atoms with Gasteiger partial charge < -0.3 is 11.0 Å². The number of rotatable bonds is 2. The molecule has 0 amide bonds. The zero-order valence-corrected chi connectivity index (χ0v) is 11.4. The quantitative estimate of drug-likeness (QED) is 0.716. The van der Waals surface area contributed by atoms with Crippen LogP contribution in [0, 0.1) is 0 Å². The molecule has 2 aromatic carbocycles. The van der Waals surface area contributed by atoms with E-state index < -0.39 is 30.0 Å². The first-order valence-electron chi connectivity index (χ1n) is 4.68. The monoisotopic (exact) mass is 324 g/mol. The first kappa shape index (κ1) is 18.4. The minimum absolute atomic E-state index is 0. The lowest BCUT2D eigenvalue weighted by molar-refractivity contribution is 0.481. The fourth-order valence-corrected chi connectivity index (χ4v) is 3.12. The summed E-state index contributed by atoms with van der Waals surface area (Å²) in [4.78, 5) is -0.823. The topological polar surface area (TPSA) is 172 Å². The van der Waals surface area contributed by atoms with Gasteiger partial charge in [0.25, 0.3) is 20.2 Å². The van der Waals surface area contributed by atoms with Crippen LogP contribution in [0.5, 0.6) is 0 Å². The highest BCUT2D eigenvalue weighted by atomic mass is 32.2. The molecule has 0 atom stereocenters. The summed E-state index contributed by atoms with van der Waals surface area (Å²) in [7, 11) is -8.94. The molecule has 10 heteroatoms. The Bertz CT molecular complexity index is 752. The van der Waals surface area contributed by atoms with Crippen LogP contribution in [0.15, 0.2) is 46.2 Å². The standard InChI is InChI=1S/C10H8O6S2.2H2O/c11-17(12,13)9-5-1-3-7-8(9)4-2-6-10(7)18(14,15)16;;/h1-6H,(H,11,12,13)(H,14,15,16);2*1H2. The van der Waals surface area contributed by atoms with Gasteiger partial charge in [0.2, 0.25) is 0 Å². The van der Waals surface area contributed by atoms with Gasteiger partial charge in [-0.3, -0.25) is 9.11 Å². The van der Waals surface area contributed by atoms with E-state index in [4.69, 9.17) is 9.11 Å². The second kappa shape index (κ2) is 5.83. The molecule has 0 saturated carbocycles. The molecule has 0 radical (unpaired) electrons. The van der Waals surface area contributed by atoms with Gasteiger partial charge in [0.05, 0.1) is 0 Å². The Kier molecular flexibility index (Phi) is 5.37. The second-order valence-electron chi connectivity index (χ2n) is 3.56. The lowest BCUT2D eigenvalue weighted by Crippen LogP contribution is -2.02. The normalized spacial score (nSPS) is 11.5. The molecule has 0 spiro atoms. The number of fused-ring (bicyclic) bond motifs is 1. The summed E-state index contributed by atoms with van der Waals surface area (Å²) in [5, 5.41) is 0.0465. The van der Waals surface area contributed by atoms with Gasteiger partial charge in [0, 0.05) is 10.8 Å². The molecule has 0 fully saturated rings. The van der Waals surface area contributed by atoms with Gasteiger partial charge in [-0.25, -0.2) is 0 Å². The maximum absolute atomic E-state index is 11.2. The Morgan fingerprint density at radius 2 is 0.950 bits per heavy atom. The average molecular weight is 324 g/mol. The zero-order chi connectivity index (χ0) is 13.6. The molecule has 0 heterocycles. The third kappa shape index (κ3) is 3.30. The Morgan fingerprint density at radius 1 is 0.650 bits per heavy atom. The molecule has 20 heavy (non-hydrogen) atoms. The summed E-state index contributed by atoms with van der Waals surface area (Å²) in [6.07, 6.45) is 0. The van der Waals surface area contributed by atoms with E-state index in [0.717, 1.165) is 12.1 Å². The summed E-state index contributed by atoms with van der Waals surface area (Å²) in [5.74, 6) is 0. The molecule has 8 nitrogen and oxygen atoms in total. The number of benzene rings is 2. The highest BCUT2D eigenvalue weighted by Crippen LogP contribution is 2.27. The van der Waals surface area contributed by atoms with Crippen molar-refractivity contribution in [1.29, 1.82) is 0 Å². The summed E-state index contributed by atoms with van der Waals surface area (Å²) in [6, 6.07) is 7.53. The van der Waals surface area contributed by atoms with Crippen LogP contribution < -0.4 is 0 Å². The third-order valence-electron chi connectivity index (χ3n) is 2.40. The lowest BCUT2D eigenvalue weighted by atomic mass is 10.1. The SMILES string of the molecule is O.O.O=S(=O)(O)c1cccc2c(S(=O)(=O)O)cccc12. The smallest absolute Gasteiger partial charge is 0.295 e. The van der Waals surface area contributed by atoms with Crippen LogP contribution >= 0.6 is 0 Å². The van der Waals surface area contributed by atoms with Gasteiger partial charge in [-0.15, -0.1) is 0 Å². The summed E-state index contributed by atoms with van der Waals surface area (Å²) in [6.45, 7) is 0. The van der Waals surface area contributed by atoms with E-state index >= 15 is 0 Å². The highest BCUT2D eigenvalue weighted by Gasteiger charge is 2.18. The maximum Gasteiger partial charge on any atom is 0.295 e. The van der Waals surface area contributed by atoms with Gasteiger partial charge in [-0.2, -0.15) is 16.8 Å². The van der Waals surface area contributed by atoms with Crippen molar-refractivity contribution in [3.8, 4) is 0 Å². The molecule has 0 aliphatic rings. The lowest BCUT2D eigenvalue weighted by Gasteiger charge is -2.06. The van der Waals surface area contributed by atoms with Crippen molar-refractivity contribution in [3.63, 3.8) is 0 Å². The molecule has 0 aliphatic heterocycles. The molecule has 0 unspecified atom stereocenters. The van der Waals surface area contributed by atoms with Crippen molar-refractivity contribution in [2.24, 2.45) is 0 Å². The van der Waals surface area contributed by atoms with E-state index in [9.17, 15) is 16.8 Å². The Labute approximate surface area is 114 Å². The van der Waals surface area contributed by atoms with Crippen molar-refractivity contribution in [1.82, 2.24) is 0 Å². The molecular formula is C10H12O8S2. The Balaban J connectivity index is 0.00000180. The summed E-state index contributed by atoms with van der Waals surface area (Å²) in [5.41, 5.74) is 0. The molecule has 2 aromatic rings. The summed E-state index contributed by atoms with van der Waals surface area (Å²) >= 11 is 0. The average Bonchev–Trinajstić information content (AvgIpc) is 2.24. The number of hydrogen-bond donors (Lipinski definition) is 2. The van der Waals surface area contributed by atoms with Crippen molar-refractivity contribution in [2.45, 2.75) is 9.79 Å². The zero-order valence-electron chi connectivity index (χ0n) is 9.81. The maximum atomic E-state index is 11.2. The van der Waals surface area contributed by atoms with Crippen LogP contribution in [0.4, 0.5) is 0 Å². The van der Waals surface area contributed by atoms with Crippen molar-refractivity contribution in [2.75, 3.05) is 0 Å². The fraction of sp³-hybridized carbons (Fsp3) is 0. The molecule has 0 aromatic heterocycles. The van der Waals surface area contributed by atoms with Gasteiger partial charge in [0.1, 0.15) is 9.79 Å². The van der Waals surface area contributed by atoms with Crippen LogP contribution in [0.2, 0.25) is 0 Å². The Morgan fingerprint density at radius 3 is 1.20 bits per heavy atom. The van der Waals surface area contributed by atoms with Crippen LogP contribution in [0.25, 0.3) is 10.8 Å². The van der Waals surface area contributed by atoms with Crippen molar-refractivity contribution < 1.29 is 36.9 Å². The molecule has 6 N–H and O–H groups in total. The minimum atomic E-state index is -4.47. The molecule has 2 rings (SSSR count). The van der Waals surface area contributed by atoms with E-state index in [0.29, 0.717) is 0 Å². The van der Waals surface area contributed by atoms with E-state index in [-0.39, 0.29) is 21.7 Å². The van der Waals surface area contributed by atoms with Crippen LogP contribution in [0.3, 0.4) is 0 Å². The van der Waals surface area contributed by atoms with E-state index in [2.05, 4.69) is 0 Å². The van der Waals surface area contributed by atoms with Crippen molar-refractivity contribution >= 4 is 31.0 Å². The summed E-state index contributed by atoms with van der Waals surface area (Å²) < 4.78 is 62.7. The first-order chi connectivity index (χ1) is 8.21. The first-order valence-corrected chi connectivity index (χ1v) is 7.56. The van der Waals surface area contributed by atoms with E-state index in [1.54, 1.807) is 0 Å². The predicted molar refractivity (Wildman–Crippen MR) is 70.8 cm³/mol. The van der Waals surface area contributed by atoms with Gasteiger partial charge >= 0.3 is 0 Å². The van der Waals surface area contributed by atoms with Crippen LogP contribution in [0.1, 0.15) is 0 Å². The second-order valence-corrected chi connectivity index (χ2v) is 6.34. The molecule has 112 valence electrons. The van der Waals surface area contributed by atoms with Crippen LogP contribution in [-0.2, 0) is 20.2 Å². The molecule has 0 bridgehead atoms. The molecular weight excluding hydrogens is 312 g/mol. The van der Waals surface area contributed by atoms with Gasteiger partial charge in [-0.05, 0) is 12.1 Å². The predicted octanol–water partition coefficient (Wildman–Crippen LogP) is -0.316. The van der Waals surface area contributed by atoms with Gasteiger partial charge in [0.15, 0.2) is 0 Å². The molecule has 0 saturated heterocycles. The highest BCUT2D eigenvalue weighted by molar-refractivity contribution is 7.86.